The van der Waals surface area contributed by atoms with E-state index in [9.17, 15) is 4.39 Å². The van der Waals surface area contributed by atoms with Crippen LogP contribution < -0.4 is 0 Å². The van der Waals surface area contributed by atoms with Gasteiger partial charge >= 0.3 is 0 Å². The van der Waals surface area contributed by atoms with Crippen LogP contribution in [0.3, 0.4) is 0 Å². The van der Waals surface area contributed by atoms with Crippen LogP contribution in [0.25, 0.3) is 0 Å². The molecular formula is C18H22FN3O2. The minimum Gasteiger partial charge on any atom is -0.379 e. The molecule has 1 aromatic heterocycles. The van der Waals surface area contributed by atoms with Crippen molar-refractivity contribution in [2.24, 2.45) is 0 Å². The summed E-state index contributed by atoms with van der Waals surface area (Å²) in [5, 5.41) is 4.22. The molecule has 0 radical (unpaired) electrons. The number of aromatic nitrogens is 2. The fourth-order valence-electron chi connectivity index (χ4n) is 3.73. The van der Waals surface area contributed by atoms with Crippen molar-refractivity contribution in [2.75, 3.05) is 26.3 Å². The number of nitrogens with zero attached hydrogens (tertiary/aromatic N) is 3. The van der Waals surface area contributed by atoms with E-state index in [4.69, 9.17) is 14.2 Å². The standard InChI is InChI=1S/C18H22FN3O2/c19-15-7-3-6-14(12-15)16(22-8-10-23-11-9-22)18-20-17(21-24-18)13-4-1-2-5-13/h3,6-7,12-13,16H,1-2,4-5,8-11H2/t16-/m1/s1. The molecule has 1 saturated heterocycles. The Morgan fingerprint density at radius 3 is 2.71 bits per heavy atom. The lowest BCUT2D eigenvalue weighted by Gasteiger charge is -2.32. The fourth-order valence-corrected chi connectivity index (χ4v) is 3.73. The van der Waals surface area contributed by atoms with Crippen molar-refractivity contribution in [1.82, 2.24) is 15.0 Å². The number of rotatable bonds is 4. The molecule has 1 aromatic carbocycles. The number of hydrogen-bond donors (Lipinski definition) is 0. The molecule has 2 aromatic rings. The number of hydrogen-bond acceptors (Lipinski definition) is 5. The Morgan fingerprint density at radius 1 is 1.17 bits per heavy atom. The van der Waals surface area contributed by atoms with E-state index in [1.165, 1.54) is 18.9 Å². The summed E-state index contributed by atoms with van der Waals surface area (Å²) in [6.45, 7) is 2.86. The first-order valence-corrected chi connectivity index (χ1v) is 8.72. The minimum absolute atomic E-state index is 0.216. The Balaban J connectivity index is 1.66. The van der Waals surface area contributed by atoms with Gasteiger partial charge in [-0.05, 0) is 30.5 Å². The third-order valence-electron chi connectivity index (χ3n) is 4.99. The lowest BCUT2D eigenvalue weighted by molar-refractivity contribution is 0.0180. The highest BCUT2D eigenvalue weighted by molar-refractivity contribution is 5.25. The minimum atomic E-state index is -0.249. The Bertz CT molecular complexity index is 678. The van der Waals surface area contributed by atoms with Gasteiger partial charge in [-0.15, -0.1) is 0 Å². The first-order valence-electron chi connectivity index (χ1n) is 8.72. The number of benzene rings is 1. The average Bonchev–Trinajstić information content (AvgIpc) is 3.28. The first-order chi connectivity index (χ1) is 11.8. The zero-order valence-electron chi connectivity index (χ0n) is 13.7. The number of morpholine rings is 1. The van der Waals surface area contributed by atoms with Gasteiger partial charge in [-0.2, -0.15) is 4.98 Å². The molecule has 1 aliphatic carbocycles. The molecule has 0 spiro atoms. The van der Waals surface area contributed by atoms with Gasteiger partial charge in [0, 0.05) is 19.0 Å². The summed E-state index contributed by atoms with van der Waals surface area (Å²) in [7, 11) is 0. The van der Waals surface area contributed by atoms with E-state index in [0.29, 0.717) is 25.0 Å². The summed E-state index contributed by atoms with van der Waals surface area (Å²) in [6.07, 6.45) is 4.71. The van der Waals surface area contributed by atoms with Crippen molar-refractivity contribution in [3.63, 3.8) is 0 Å². The van der Waals surface area contributed by atoms with Crippen molar-refractivity contribution in [2.45, 2.75) is 37.6 Å². The van der Waals surface area contributed by atoms with E-state index in [1.54, 1.807) is 12.1 Å². The maximum Gasteiger partial charge on any atom is 0.248 e. The second-order valence-electron chi connectivity index (χ2n) is 6.58. The summed E-state index contributed by atoms with van der Waals surface area (Å²) >= 11 is 0. The molecule has 6 heteroatoms. The highest BCUT2D eigenvalue weighted by Crippen LogP contribution is 2.34. The van der Waals surface area contributed by atoms with Gasteiger partial charge < -0.3 is 9.26 Å². The second-order valence-corrected chi connectivity index (χ2v) is 6.58. The summed E-state index contributed by atoms with van der Waals surface area (Å²) in [5.74, 6) is 1.52. The zero-order chi connectivity index (χ0) is 16.4. The van der Waals surface area contributed by atoms with Crippen LogP contribution in [0.15, 0.2) is 28.8 Å². The predicted octanol–water partition coefficient (Wildman–Crippen LogP) is 3.29. The smallest absolute Gasteiger partial charge is 0.248 e. The molecule has 1 atom stereocenters. The SMILES string of the molecule is Fc1cccc([C@H](c2nc(C3CCCC3)no2)N2CCOCC2)c1. The topological polar surface area (TPSA) is 51.4 Å². The molecule has 4 rings (SSSR count). The molecule has 1 aliphatic heterocycles. The van der Waals surface area contributed by atoms with E-state index < -0.39 is 0 Å². The molecule has 5 nitrogen and oxygen atoms in total. The van der Waals surface area contributed by atoms with E-state index in [2.05, 4.69) is 10.1 Å². The van der Waals surface area contributed by atoms with E-state index in [-0.39, 0.29) is 11.9 Å². The van der Waals surface area contributed by atoms with Gasteiger partial charge in [0.25, 0.3) is 0 Å². The maximum absolute atomic E-state index is 13.8. The summed E-state index contributed by atoms with van der Waals surface area (Å²) < 4.78 is 24.8. The monoisotopic (exact) mass is 331 g/mol. The van der Waals surface area contributed by atoms with Gasteiger partial charge in [-0.1, -0.05) is 30.1 Å². The Kier molecular flexibility index (Phi) is 4.58. The fraction of sp³-hybridized carbons (Fsp3) is 0.556. The number of halogens is 1. The van der Waals surface area contributed by atoms with Crippen molar-refractivity contribution >= 4 is 0 Å². The molecule has 2 aliphatic rings. The van der Waals surface area contributed by atoms with Crippen molar-refractivity contribution in [1.29, 1.82) is 0 Å². The van der Waals surface area contributed by atoms with Gasteiger partial charge in [0.1, 0.15) is 11.9 Å². The van der Waals surface area contributed by atoms with Crippen LogP contribution in [0.4, 0.5) is 4.39 Å². The van der Waals surface area contributed by atoms with Gasteiger partial charge in [0.15, 0.2) is 5.82 Å². The molecule has 0 N–H and O–H groups in total. The van der Waals surface area contributed by atoms with Gasteiger partial charge in [0.2, 0.25) is 5.89 Å². The zero-order valence-corrected chi connectivity index (χ0v) is 13.7. The van der Waals surface area contributed by atoms with Crippen LogP contribution in [0, 0.1) is 5.82 Å². The normalized spacial score (nSPS) is 21.2. The average molecular weight is 331 g/mol. The molecular weight excluding hydrogens is 309 g/mol. The van der Waals surface area contributed by atoms with Crippen LogP contribution in [-0.2, 0) is 4.74 Å². The third-order valence-corrected chi connectivity index (χ3v) is 4.99. The van der Waals surface area contributed by atoms with Crippen molar-refractivity contribution < 1.29 is 13.7 Å². The van der Waals surface area contributed by atoms with E-state index >= 15 is 0 Å². The molecule has 128 valence electrons. The third kappa shape index (κ3) is 3.21. The molecule has 0 unspecified atom stereocenters. The second kappa shape index (κ2) is 6.99. The van der Waals surface area contributed by atoms with Crippen LogP contribution in [0.1, 0.15) is 54.9 Å². The van der Waals surface area contributed by atoms with Crippen LogP contribution in [-0.4, -0.2) is 41.3 Å². The van der Waals surface area contributed by atoms with Crippen LogP contribution >= 0.6 is 0 Å². The molecule has 0 bridgehead atoms. The number of ether oxygens (including phenoxy) is 1. The Hall–Kier alpha value is -1.79. The largest absolute Gasteiger partial charge is 0.379 e. The summed E-state index contributed by atoms with van der Waals surface area (Å²) in [5.41, 5.74) is 0.846. The predicted molar refractivity (Wildman–Crippen MR) is 86.1 cm³/mol. The van der Waals surface area contributed by atoms with Gasteiger partial charge in [-0.25, -0.2) is 4.39 Å². The molecule has 2 fully saturated rings. The van der Waals surface area contributed by atoms with Crippen molar-refractivity contribution in [3.05, 3.63) is 47.4 Å². The molecule has 2 heterocycles. The quantitative estimate of drug-likeness (QED) is 0.860. The Morgan fingerprint density at radius 2 is 1.96 bits per heavy atom. The van der Waals surface area contributed by atoms with Gasteiger partial charge in [-0.3, -0.25) is 4.90 Å². The Labute approximate surface area is 140 Å². The van der Waals surface area contributed by atoms with Crippen LogP contribution in [0.2, 0.25) is 0 Å². The lowest BCUT2D eigenvalue weighted by atomic mass is 10.0. The first kappa shape index (κ1) is 15.7. The molecule has 24 heavy (non-hydrogen) atoms. The highest BCUT2D eigenvalue weighted by atomic mass is 19.1. The molecule has 1 saturated carbocycles. The summed E-state index contributed by atoms with van der Waals surface area (Å²) in [6, 6.07) is 6.44. The van der Waals surface area contributed by atoms with Crippen LogP contribution in [0.5, 0.6) is 0 Å². The van der Waals surface area contributed by atoms with Crippen molar-refractivity contribution in [3.8, 4) is 0 Å². The maximum atomic E-state index is 13.8. The van der Waals surface area contributed by atoms with Gasteiger partial charge in [0.05, 0.1) is 13.2 Å². The lowest BCUT2D eigenvalue weighted by Crippen LogP contribution is -2.39. The van der Waals surface area contributed by atoms with E-state index in [1.807, 2.05) is 6.07 Å². The highest BCUT2D eigenvalue weighted by Gasteiger charge is 2.31. The van der Waals surface area contributed by atoms with E-state index in [0.717, 1.165) is 37.3 Å². The summed E-state index contributed by atoms with van der Waals surface area (Å²) in [4.78, 5) is 6.92. The molecule has 0 amide bonds.